The average molecular weight is 287 g/mol. The van der Waals surface area contributed by atoms with Gasteiger partial charge < -0.3 is 15.1 Å². The molecule has 0 saturated heterocycles. The third-order valence-corrected chi connectivity index (χ3v) is 3.26. The molecular formula is C14H17N5O2. The molecule has 1 aliphatic carbocycles. The van der Waals surface area contributed by atoms with Gasteiger partial charge in [0.05, 0.1) is 12.8 Å². The average Bonchev–Trinajstić information content (AvgIpc) is 3.17. The van der Waals surface area contributed by atoms with Crippen LogP contribution in [0.5, 0.6) is 0 Å². The molecule has 21 heavy (non-hydrogen) atoms. The minimum atomic E-state index is -0.206. The van der Waals surface area contributed by atoms with Gasteiger partial charge in [0.2, 0.25) is 5.82 Å². The number of furan rings is 1. The molecule has 2 aromatic heterocycles. The number of urea groups is 1. The van der Waals surface area contributed by atoms with Crippen molar-refractivity contribution in [2.45, 2.75) is 31.8 Å². The van der Waals surface area contributed by atoms with Crippen LogP contribution in [0.3, 0.4) is 0 Å². The van der Waals surface area contributed by atoms with Gasteiger partial charge in [-0.25, -0.2) is 9.78 Å². The summed E-state index contributed by atoms with van der Waals surface area (Å²) >= 11 is 0. The van der Waals surface area contributed by atoms with Crippen molar-refractivity contribution in [1.29, 1.82) is 0 Å². The van der Waals surface area contributed by atoms with Crippen LogP contribution in [-0.2, 0) is 6.54 Å². The smallest absolute Gasteiger partial charge is 0.315 e. The van der Waals surface area contributed by atoms with E-state index in [4.69, 9.17) is 4.42 Å². The predicted molar refractivity (Wildman–Crippen MR) is 76.2 cm³/mol. The van der Waals surface area contributed by atoms with E-state index in [1.165, 1.54) is 0 Å². The Hall–Kier alpha value is -2.57. The van der Waals surface area contributed by atoms with Gasteiger partial charge in [0.15, 0.2) is 5.76 Å². The Kier molecular flexibility index (Phi) is 3.99. The Morgan fingerprint density at radius 3 is 3.24 bits per heavy atom. The zero-order valence-corrected chi connectivity index (χ0v) is 11.5. The second kappa shape index (κ2) is 6.25. The molecule has 1 unspecified atom stereocenters. The maximum absolute atomic E-state index is 11.8. The molecule has 2 aromatic rings. The highest BCUT2D eigenvalue weighted by atomic mass is 16.3. The molecular weight excluding hydrogens is 270 g/mol. The van der Waals surface area contributed by atoms with Crippen LogP contribution in [-0.4, -0.2) is 27.3 Å². The minimum absolute atomic E-state index is 0.118. The van der Waals surface area contributed by atoms with Gasteiger partial charge in [0.1, 0.15) is 5.82 Å². The number of allylic oxidation sites excluding steroid dienone is 1. The van der Waals surface area contributed by atoms with Crippen LogP contribution in [0.4, 0.5) is 4.79 Å². The van der Waals surface area contributed by atoms with E-state index in [0.717, 1.165) is 19.3 Å². The number of hydrogen-bond acceptors (Lipinski definition) is 4. The van der Waals surface area contributed by atoms with Gasteiger partial charge in [-0.1, -0.05) is 12.2 Å². The maximum Gasteiger partial charge on any atom is 0.315 e. The summed E-state index contributed by atoms with van der Waals surface area (Å²) in [5, 5.41) is 12.5. The Bertz CT molecular complexity index is 617. The van der Waals surface area contributed by atoms with Crippen LogP contribution in [0, 0.1) is 0 Å². The number of aromatic nitrogens is 3. The second-order valence-corrected chi connectivity index (χ2v) is 4.88. The number of carbonyl (C=O) groups excluding carboxylic acids is 1. The fourth-order valence-corrected chi connectivity index (χ4v) is 2.21. The number of H-pyrrole nitrogens is 1. The zero-order valence-electron chi connectivity index (χ0n) is 11.5. The van der Waals surface area contributed by atoms with Gasteiger partial charge in [-0.2, -0.15) is 0 Å². The van der Waals surface area contributed by atoms with E-state index in [1.807, 2.05) is 6.08 Å². The fraction of sp³-hybridized carbons (Fsp3) is 0.357. The summed E-state index contributed by atoms with van der Waals surface area (Å²) in [5.41, 5.74) is 0. The fourth-order valence-electron chi connectivity index (χ4n) is 2.21. The molecule has 0 bridgehead atoms. The van der Waals surface area contributed by atoms with E-state index in [1.54, 1.807) is 18.4 Å². The van der Waals surface area contributed by atoms with E-state index < -0.39 is 0 Å². The Labute approximate surface area is 121 Å². The van der Waals surface area contributed by atoms with E-state index in [0.29, 0.717) is 17.4 Å². The molecule has 0 radical (unpaired) electrons. The molecule has 7 heteroatoms. The van der Waals surface area contributed by atoms with Crippen LogP contribution in [0.1, 0.15) is 25.1 Å². The normalized spacial score (nSPS) is 17.6. The zero-order chi connectivity index (χ0) is 14.5. The van der Waals surface area contributed by atoms with E-state index in [-0.39, 0.29) is 18.6 Å². The molecule has 0 fully saturated rings. The first-order valence-electron chi connectivity index (χ1n) is 6.97. The number of rotatable bonds is 4. The van der Waals surface area contributed by atoms with Gasteiger partial charge in [-0.15, -0.1) is 5.10 Å². The molecule has 1 aliphatic rings. The third kappa shape index (κ3) is 3.50. The lowest BCUT2D eigenvalue weighted by Crippen LogP contribution is -2.41. The van der Waals surface area contributed by atoms with Crippen molar-refractivity contribution in [3.8, 4) is 11.6 Å². The van der Waals surface area contributed by atoms with Crippen LogP contribution in [0.15, 0.2) is 35.0 Å². The number of carbonyl (C=O) groups is 1. The highest BCUT2D eigenvalue weighted by molar-refractivity contribution is 5.74. The van der Waals surface area contributed by atoms with Gasteiger partial charge in [-0.05, 0) is 31.4 Å². The van der Waals surface area contributed by atoms with Crippen LogP contribution >= 0.6 is 0 Å². The van der Waals surface area contributed by atoms with Crippen molar-refractivity contribution in [3.63, 3.8) is 0 Å². The molecule has 2 amide bonds. The first-order valence-corrected chi connectivity index (χ1v) is 6.97. The summed E-state index contributed by atoms with van der Waals surface area (Å²) in [6, 6.07) is 3.46. The lowest BCUT2D eigenvalue weighted by molar-refractivity contribution is 0.237. The minimum Gasteiger partial charge on any atom is -0.461 e. The van der Waals surface area contributed by atoms with Gasteiger partial charge in [-0.3, -0.25) is 5.10 Å². The Morgan fingerprint density at radius 1 is 1.52 bits per heavy atom. The Morgan fingerprint density at radius 2 is 2.48 bits per heavy atom. The number of aromatic amines is 1. The summed E-state index contributed by atoms with van der Waals surface area (Å²) in [4.78, 5) is 16.0. The molecule has 0 aromatic carbocycles. The summed E-state index contributed by atoms with van der Waals surface area (Å²) in [6.45, 7) is 0.288. The first kappa shape index (κ1) is 13.4. The van der Waals surface area contributed by atoms with E-state index in [2.05, 4.69) is 31.9 Å². The lowest BCUT2D eigenvalue weighted by Gasteiger charge is -2.17. The molecule has 1 atom stereocenters. The number of hydrogen-bond donors (Lipinski definition) is 3. The van der Waals surface area contributed by atoms with Crippen LogP contribution < -0.4 is 10.6 Å². The van der Waals surface area contributed by atoms with Gasteiger partial charge >= 0.3 is 6.03 Å². The van der Waals surface area contributed by atoms with Crippen molar-refractivity contribution >= 4 is 6.03 Å². The topological polar surface area (TPSA) is 95.8 Å². The maximum atomic E-state index is 11.8. The van der Waals surface area contributed by atoms with Crippen molar-refractivity contribution in [2.75, 3.05) is 0 Å². The van der Waals surface area contributed by atoms with Crippen LogP contribution in [0.2, 0.25) is 0 Å². The molecule has 3 rings (SSSR count). The number of amides is 2. The molecule has 7 nitrogen and oxygen atoms in total. The number of nitrogens with zero attached hydrogens (tertiary/aromatic N) is 2. The summed E-state index contributed by atoms with van der Waals surface area (Å²) in [7, 11) is 0. The quantitative estimate of drug-likeness (QED) is 0.749. The molecule has 3 N–H and O–H groups in total. The van der Waals surface area contributed by atoms with Gasteiger partial charge in [0.25, 0.3) is 0 Å². The molecule has 110 valence electrons. The highest BCUT2D eigenvalue weighted by Crippen LogP contribution is 2.14. The lowest BCUT2D eigenvalue weighted by atomic mass is 10.0. The summed E-state index contributed by atoms with van der Waals surface area (Å²) in [6.07, 6.45) is 8.88. The first-order chi connectivity index (χ1) is 10.3. The third-order valence-electron chi connectivity index (χ3n) is 3.26. The molecule has 2 heterocycles. The van der Waals surface area contributed by atoms with Gasteiger partial charge in [0, 0.05) is 6.04 Å². The highest BCUT2D eigenvalue weighted by Gasteiger charge is 2.12. The van der Waals surface area contributed by atoms with E-state index >= 15 is 0 Å². The Balaban J connectivity index is 1.49. The molecule has 0 saturated carbocycles. The van der Waals surface area contributed by atoms with Crippen molar-refractivity contribution in [3.05, 3.63) is 36.4 Å². The monoisotopic (exact) mass is 287 g/mol. The standard InChI is InChI=1S/C14H17N5O2/c20-14(16-10-5-2-1-3-6-10)15-9-12-17-13(19-18-12)11-7-4-8-21-11/h2,4-5,7-8,10H,1,3,6,9H2,(H2,15,16,20)(H,17,18,19). The van der Waals surface area contributed by atoms with Crippen molar-refractivity contribution in [2.24, 2.45) is 0 Å². The molecule has 0 spiro atoms. The van der Waals surface area contributed by atoms with Crippen LogP contribution in [0.25, 0.3) is 11.6 Å². The van der Waals surface area contributed by atoms with Crippen molar-refractivity contribution in [1.82, 2.24) is 25.8 Å². The molecule has 0 aliphatic heterocycles. The summed E-state index contributed by atoms with van der Waals surface area (Å²) < 4.78 is 5.21. The second-order valence-electron chi connectivity index (χ2n) is 4.88. The van der Waals surface area contributed by atoms with Crippen molar-refractivity contribution < 1.29 is 9.21 Å². The summed E-state index contributed by atoms with van der Waals surface area (Å²) in [5.74, 6) is 1.65. The number of nitrogens with one attached hydrogen (secondary N) is 3. The largest absolute Gasteiger partial charge is 0.461 e. The van der Waals surface area contributed by atoms with E-state index in [9.17, 15) is 4.79 Å². The predicted octanol–water partition coefficient (Wildman–Crippen LogP) is 1.97. The SMILES string of the molecule is O=C(NCc1nc(-c2ccco2)n[nH]1)NC1C=CCCC1.